The Morgan fingerprint density at radius 2 is 0.633 bits per heavy atom. The molecule has 292 valence electrons. The maximum atomic E-state index is 12.2. The van der Waals surface area contributed by atoms with E-state index in [0.717, 1.165) is 32.1 Å². The number of rotatable bonds is 41. The maximum Gasteiger partial charge on any atom is 0.306 e. The van der Waals surface area contributed by atoms with Crippen LogP contribution < -0.4 is 0 Å². The summed E-state index contributed by atoms with van der Waals surface area (Å²) in [5.41, 5.74) is 0. The Kier molecular flexibility index (Phi) is 40.4. The van der Waals surface area contributed by atoms with Crippen LogP contribution in [-0.4, -0.2) is 36.4 Å². The van der Waals surface area contributed by atoms with Crippen LogP contribution >= 0.6 is 0 Å². The minimum Gasteiger partial charge on any atom is -0.462 e. The fraction of sp³-hybridized carbons (Fsp3) is 0.955. The van der Waals surface area contributed by atoms with E-state index < -0.39 is 6.10 Å². The Morgan fingerprint density at radius 3 is 0.898 bits per heavy atom. The number of hydrogen-bond donors (Lipinski definition) is 1. The first-order valence-electron chi connectivity index (χ1n) is 22.1. The number of esters is 2. The lowest BCUT2D eigenvalue weighted by atomic mass is 10.0. The average molecular weight is 695 g/mol. The molecule has 0 aliphatic carbocycles. The topological polar surface area (TPSA) is 72.8 Å². The van der Waals surface area contributed by atoms with Crippen LogP contribution in [0.2, 0.25) is 0 Å². The minimum absolute atomic E-state index is 0.0567. The molecule has 5 nitrogen and oxygen atoms in total. The van der Waals surface area contributed by atoms with Crippen molar-refractivity contribution in [1.82, 2.24) is 0 Å². The molecule has 5 heteroatoms. The van der Waals surface area contributed by atoms with Crippen LogP contribution in [0.15, 0.2) is 0 Å². The van der Waals surface area contributed by atoms with E-state index >= 15 is 0 Å². The maximum absolute atomic E-state index is 12.2. The number of unbranched alkanes of at least 4 members (excludes halogenated alkanes) is 33. The van der Waals surface area contributed by atoms with E-state index in [1.54, 1.807) is 0 Å². The van der Waals surface area contributed by atoms with Crippen LogP contribution in [0.5, 0.6) is 0 Å². The Labute approximate surface area is 306 Å². The van der Waals surface area contributed by atoms with Gasteiger partial charge in [-0.3, -0.25) is 9.59 Å². The zero-order valence-corrected chi connectivity index (χ0v) is 33.2. The highest BCUT2D eigenvalue weighted by atomic mass is 16.6. The molecule has 49 heavy (non-hydrogen) atoms. The van der Waals surface area contributed by atoms with Gasteiger partial charge in [0.2, 0.25) is 0 Å². The summed E-state index contributed by atoms with van der Waals surface area (Å²) in [6, 6.07) is 0. The fourth-order valence-electron chi connectivity index (χ4n) is 6.79. The molecule has 0 aromatic heterocycles. The fourth-order valence-corrected chi connectivity index (χ4v) is 6.79. The molecule has 0 saturated heterocycles. The number of carbonyl (C=O) groups is 2. The number of carbonyl (C=O) groups excluding carboxylic acids is 2. The molecule has 0 rings (SSSR count). The van der Waals surface area contributed by atoms with E-state index in [1.807, 2.05) is 0 Å². The van der Waals surface area contributed by atoms with Crippen molar-refractivity contribution >= 4 is 11.9 Å². The summed E-state index contributed by atoms with van der Waals surface area (Å²) in [7, 11) is 0. The van der Waals surface area contributed by atoms with Crippen molar-refractivity contribution in [1.29, 1.82) is 0 Å². The summed E-state index contributed by atoms with van der Waals surface area (Å²) in [6.07, 6.45) is 46.1. The zero-order valence-electron chi connectivity index (χ0n) is 33.2. The lowest BCUT2D eigenvalue weighted by molar-refractivity contribution is -0.161. The van der Waals surface area contributed by atoms with Crippen molar-refractivity contribution in [3.8, 4) is 0 Å². The summed E-state index contributed by atoms with van der Waals surface area (Å²) in [5.74, 6) is -0.572. The van der Waals surface area contributed by atoms with E-state index in [-0.39, 0.29) is 25.2 Å². The molecular formula is C44H86O5. The molecule has 0 fully saturated rings. The second kappa shape index (κ2) is 41.3. The molecule has 0 aliphatic rings. The first-order chi connectivity index (χ1) is 24.1. The van der Waals surface area contributed by atoms with Crippen LogP contribution in [-0.2, 0) is 19.1 Å². The molecule has 0 unspecified atom stereocenters. The smallest absolute Gasteiger partial charge is 0.306 e. The van der Waals surface area contributed by atoms with Crippen LogP contribution in [0.1, 0.15) is 251 Å². The lowest BCUT2D eigenvalue weighted by Gasteiger charge is -2.15. The number of aliphatic hydroxyl groups excluding tert-OH is 1. The molecule has 0 saturated carbocycles. The Bertz CT molecular complexity index is 666. The molecule has 0 heterocycles. The largest absolute Gasteiger partial charge is 0.462 e. The van der Waals surface area contributed by atoms with Gasteiger partial charge in [-0.25, -0.2) is 0 Å². The second-order valence-corrected chi connectivity index (χ2v) is 15.1. The van der Waals surface area contributed by atoms with Gasteiger partial charge in [0.25, 0.3) is 0 Å². The Morgan fingerprint density at radius 1 is 0.388 bits per heavy atom. The molecule has 1 atom stereocenters. The van der Waals surface area contributed by atoms with Crippen LogP contribution in [0.4, 0.5) is 0 Å². The van der Waals surface area contributed by atoms with Gasteiger partial charge in [-0.1, -0.05) is 226 Å². The number of hydrogen-bond acceptors (Lipinski definition) is 5. The van der Waals surface area contributed by atoms with E-state index in [1.165, 1.54) is 193 Å². The van der Waals surface area contributed by atoms with Crippen molar-refractivity contribution in [2.75, 3.05) is 13.2 Å². The van der Waals surface area contributed by atoms with Gasteiger partial charge < -0.3 is 14.6 Å². The molecule has 1 N–H and O–H groups in total. The van der Waals surface area contributed by atoms with Crippen molar-refractivity contribution in [3.05, 3.63) is 0 Å². The van der Waals surface area contributed by atoms with Gasteiger partial charge >= 0.3 is 11.9 Å². The van der Waals surface area contributed by atoms with Gasteiger partial charge in [-0.15, -0.1) is 0 Å². The van der Waals surface area contributed by atoms with Gasteiger partial charge in [0.1, 0.15) is 6.61 Å². The SMILES string of the molecule is CCCCCCCCCCCCCCCCCCCCCCCCC(=O)O[C@@H](CO)COC(=O)CCCCCCCCCCCCCCC. The molecule has 0 aromatic rings. The number of aliphatic hydroxyl groups is 1. The summed E-state index contributed by atoms with van der Waals surface area (Å²) < 4.78 is 10.6. The standard InChI is InChI=1S/C44H86O5/c1-3-5-7-9-11-13-15-17-18-19-20-21-22-23-24-25-27-29-31-33-35-37-39-44(47)49-42(40-45)41-48-43(46)38-36-34-32-30-28-26-16-14-12-10-8-6-4-2/h42,45H,3-41H2,1-2H3/t42-/m0/s1. The van der Waals surface area contributed by atoms with E-state index in [4.69, 9.17) is 9.47 Å². The van der Waals surface area contributed by atoms with Crippen LogP contribution in [0.3, 0.4) is 0 Å². The Hall–Kier alpha value is -1.10. The summed E-state index contributed by atoms with van der Waals surface area (Å²) in [5, 5.41) is 9.57. The molecule has 0 spiro atoms. The molecule has 0 radical (unpaired) electrons. The predicted octanol–water partition coefficient (Wildman–Crippen LogP) is 13.9. The predicted molar refractivity (Wildman–Crippen MR) is 210 cm³/mol. The third-order valence-corrected chi connectivity index (χ3v) is 10.2. The average Bonchev–Trinajstić information content (AvgIpc) is 3.10. The van der Waals surface area contributed by atoms with Crippen molar-refractivity contribution in [3.63, 3.8) is 0 Å². The zero-order chi connectivity index (χ0) is 35.7. The lowest BCUT2D eigenvalue weighted by Crippen LogP contribution is -2.28. The second-order valence-electron chi connectivity index (χ2n) is 15.1. The van der Waals surface area contributed by atoms with Crippen LogP contribution in [0, 0.1) is 0 Å². The molecule has 0 amide bonds. The van der Waals surface area contributed by atoms with E-state index in [9.17, 15) is 14.7 Å². The highest BCUT2D eigenvalue weighted by Gasteiger charge is 2.16. The summed E-state index contributed by atoms with van der Waals surface area (Å²) in [4.78, 5) is 24.3. The quantitative estimate of drug-likeness (QED) is 0.0509. The molecule has 0 bridgehead atoms. The third-order valence-electron chi connectivity index (χ3n) is 10.2. The van der Waals surface area contributed by atoms with Gasteiger partial charge in [0.15, 0.2) is 6.10 Å². The third kappa shape index (κ3) is 39.5. The minimum atomic E-state index is -0.761. The molecule has 0 aliphatic heterocycles. The normalized spacial score (nSPS) is 12.0. The summed E-state index contributed by atoms with van der Waals surface area (Å²) in [6.45, 7) is 4.17. The van der Waals surface area contributed by atoms with Crippen molar-refractivity contribution in [2.24, 2.45) is 0 Å². The van der Waals surface area contributed by atoms with E-state index in [0.29, 0.717) is 12.8 Å². The highest BCUT2D eigenvalue weighted by molar-refractivity contribution is 5.70. The van der Waals surface area contributed by atoms with Gasteiger partial charge in [-0.05, 0) is 12.8 Å². The summed E-state index contributed by atoms with van der Waals surface area (Å²) >= 11 is 0. The van der Waals surface area contributed by atoms with Gasteiger partial charge in [0, 0.05) is 12.8 Å². The first-order valence-corrected chi connectivity index (χ1v) is 22.1. The van der Waals surface area contributed by atoms with Crippen LogP contribution in [0.25, 0.3) is 0 Å². The van der Waals surface area contributed by atoms with Crippen molar-refractivity contribution in [2.45, 2.75) is 258 Å². The number of ether oxygens (including phenoxy) is 2. The Balaban J connectivity index is 3.44. The molecule has 0 aromatic carbocycles. The first kappa shape index (κ1) is 47.9. The van der Waals surface area contributed by atoms with Crippen molar-refractivity contribution < 1.29 is 24.2 Å². The van der Waals surface area contributed by atoms with E-state index in [2.05, 4.69) is 13.8 Å². The highest BCUT2D eigenvalue weighted by Crippen LogP contribution is 2.16. The monoisotopic (exact) mass is 695 g/mol. The van der Waals surface area contributed by atoms with Gasteiger partial charge in [0.05, 0.1) is 6.61 Å². The van der Waals surface area contributed by atoms with Gasteiger partial charge in [-0.2, -0.15) is 0 Å². The molecular weight excluding hydrogens is 608 g/mol.